The molecule has 0 aromatic rings. The third-order valence-corrected chi connectivity index (χ3v) is 1.52. The van der Waals surface area contributed by atoms with Crippen molar-refractivity contribution in [3.63, 3.8) is 0 Å². The van der Waals surface area contributed by atoms with Gasteiger partial charge in [0, 0.05) is 19.3 Å². The van der Waals surface area contributed by atoms with Gasteiger partial charge in [0.05, 0.1) is 0 Å². The van der Waals surface area contributed by atoms with E-state index >= 15 is 0 Å². The zero-order chi connectivity index (χ0) is 11.9. The predicted molar refractivity (Wildman–Crippen MR) is 45.9 cm³/mol. The number of carbonyl (C=O) groups excluding carboxylic acids is 2. The summed E-state index contributed by atoms with van der Waals surface area (Å²) in [4.78, 5) is 21.6. The van der Waals surface area contributed by atoms with Crippen molar-refractivity contribution in [1.29, 1.82) is 0 Å². The molecular formula is C9H13F3O3. The minimum absolute atomic E-state index is 0.102. The van der Waals surface area contributed by atoms with E-state index in [4.69, 9.17) is 0 Å². The van der Waals surface area contributed by atoms with Crippen LogP contribution in [0.2, 0.25) is 0 Å². The third kappa shape index (κ3) is 9.24. The van der Waals surface area contributed by atoms with Gasteiger partial charge in [-0.1, -0.05) is 6.92 Å². The molecule has 0 aliphatic rings. The first kappa shape index (κ1) is 13.9. The van der Waals surface area contributed by atoms with Crippen LogP contribution in [0.3, 0.4) is 0 Å². The lowest BCUT2D eigenvalue weighted by Gasteiger charge is -2.05. The molecule has 0 spiro atoms. The van der Waals surface area contributed by atoms with Crippen LogP contribution in [0, 0.1) is 0 Å². The number of esters is 2. The summed E-state index contributed by atoms with van der Waals surface area (Å²) in [6, 6.07) is 0. The first-order valence-electron chi connectivity index (χ1n) is 4.65. The van der Waals surface area contributed by atoms with Gasteiger partial charge in [-0.25, -0.2) is 0 Å². The number of rotatable bonds is 5. The normalized spacial score (nSPS) is 11.2. The Balaban J connectivity index is 3.62. The average molecular weight is 226 g/mol. The van der Waals surface area contributed by atoms with Gasteiger partial charge >= 0.3 is 18.1 Å². The Labute approximate surface area is 85.6 Å². The molecule has 0 aromatic heterocycles. The molecule has 15 heavy (non-hydrogen) atoms. The lowest BCUT2D eigenvalue weighted by molar-refractivity contribution is -0.160. The molecule has 0 N–H and O–H groups in total. The van der Waals surface area contributed by atoms with Crippen molar-refractivity contribution in [2.24, 2.45) is 0 Å². The molecule has 0 aromatic carbocycles. The van der Waals surface area contributed by atoms with Gasteiger partial charge in [-0.05, 0) is 12.8 Å². The van der Waals surface area contributed by atoms with Crippen LogP contribution in [0.5, 0.6) is 0 Å². The summed E-state index contributed by atoms with van der Waals surface area (Å²) in [5.41, 5.74) is 0. The Morgan fingerprint density at radius 1 is 1.13 bits per heavy atom. The molecule has 0 aliphatic heterocycles. The molecule has 0 saturated carbocycles. The van der Waals surface area contributed by atoms with Crippen molar-refractivity contribution in [2.75, 3.05) is 0 Å². The third-order valence-electron chi connectivity index (χ3n) is 1.52. The second-order valence-electron chi connectivity index (χ2n) is 3.06. The van der Waals surface area contributed by atoms with Crippen molar-refractivity contribution >= 4 is 11.9 Å². The first-order chi connectivity index (χ1) is 6.85. The van der Waals surface area contributed by atoms with E-state index in [0.717, 1.165) is 0 Å². The van der Waals surface area contributed by atoms with Gasteiger partial charge in [0.1, 0.15) is 0 Å². The van der Waals surface area contributed by atoms with E-state index in [0.29, 0.717) is 6.42 Å². The smallest absolute Gasteiger partial charge is 0.389 e. The van der Waals surface area contributed by atoms with E-state index in [9.17, 15) is 22.8 Å². The summed E-state index contributed by atoms with van der Waals surface area (Å²) in [5.74, 6) is -1.58. The lowest BCUT2D eigenvalue weighted by atomic mass is 10.2. The van der Waals surface area contributed by atoms with Crippen LogP contribution in [0.1, 0.15) is 39.0 Å². The highest BCUT2D eigenvalue weighted by molar-refractivity contribution is 5.85. The predicted octanol–water partition coefficient (Wildman–Crippen LogP) is 2.59. The minimum Gasteiger partial charge on any atom is -0.393 e. The van der Waals surface area contributed by atoms with Gasteiger partial charge in [0.2, 0.25) is 0 Å². The molecule has 0 amide bonds. The molecule has 0 rings (SSSR count). The van der Waals surface area contributed by atoms with Crippen LogP contribution in [0.15, 0.2) is 0 Å². The number of halogens is 3. The van der Waals surface area contributed by atoms with Crippen LogP contribution in [0.25, 0.3) is 0 Å². The van der Waals surface area contributed by atoms with E-state index in [1.807, 2.05) is 0 Å². The van der Waals surface area contributed by atoms with Gasteiger partial charge in [0.25, 0.3) is 0 Å². The summed E-state index contributed by atoms with van der Waals surface area (Å²) in [5, 5.41) is 0. The van der Waals surface area contributed by atoms with Crippen LogP contribution in [-0.2, 0) is 14.3 Å². The van der Waals surface area contributed by atoms with Gasteiger partial charge in [-0.15, -0.1) is 0 Å². The maximum Gasteiger partial charge on any atom is 0.389 e. The highest BCUT2D eigenvalue weighted by atomic mass is 19.4. The van der Waals surface area contributed by atoms with Gasteiger partial charge in [-0.3, -0.25) is 9.59 Å². The largest absolute Gasteiger partial charge is 0.393 e. The first-order valence-corrected chi connectivity index (χ1v) is 4.65. The molecule has 0 radical (unpaired) electrons. The molecule has 6 heteroatoms. The molecule has 0 atom stereocenters. The summed E-state index contributed by atoms with van der Waals surface area (Å²) in [7, 11) is 0. The van der Waals surface area contributed by atoms with Gasteiger partial charge < -0.3 is 4.74 Å². The van der Waals surface area contributed by atoms with Crippen molar-refractivity contribution in [3.8, 4) is 0 Å². The maximum atomic E-state index is 11.7. The number of hydrogen-bond acceptors (Lipinski definition) is 3. The zero-order valence-corrected chi connectivity index (χ0v) is 8.39. The molecular weight excluding hydrogens is 213 g/mol. The monoisotopic (exact) mass is 226 g/mol. The maximum absolute atomic E-state index is 11.7. The molecule has 0 aliphatic carbocycles. The highest BCUT2D eigenvalue weighted by Crippen LogP contribution is 2.22. The fourth-order valence-corrected chi connectivity index (χ4v) is 0.866. The molecule has 0 saturated heterocycles. The van der Waals surface area contributed by atoms with E-state index in [1.165, 1.54) is 0 Å². The fourth-order valence-electron chi connectivity index (χ4n) is 0.866. The minimum atomic E-state index is -4.27. The van der Waals surface area contributed by atoms with E-state index in [1.54, 1.807) is 6.92 Å². The number of hydrogen-bond donors (Lipinski definition) is 0. The Morgan fingerprint density at radius 3 is 2.13 bits per heavy atom. The number of carbonyl (C=O) groups is 2. The molecule has 0 heterocycles. The molecule has 88 valence electrons. The Morgan fingerprint density at radius 2 is 1.67 bits per heavy atom. The Kier molecular flexibility index (Phi) is 5.96. The summed E-state index contributed by atoms with van der Waals surface area (Å²) in [6.45, 7) is 1.73. The van der Waals surface area contributed by atoms with Gasteiger partial charge in [-0.2, -0.15) is 13.2 Å². The molecule has 0 bridgehead atoms. The Bertz CT molecular complexity index is 223. The van der Waals surface area contributed by atoms with Crippen LogP contribution in [0.4, 0.5) is 13.2 Å². The van der Waals surface area contributed by atoms with Crippen LogP contribution in [-0.4, -0.2) is 18.1 Å². The SMILES string of the molecule is CCCC(=O)OC(=O)CCCC(F)(F)F. The lowest BCUT2D eigenvalue weighted by Crippen LogP contribution is -2.13. The number of ether oxygens (including phenoxy) is 1. The van der Waals surface area contributed by atoms with E-state index < -0.39 is 24.5 Å². The topological polar surface area (TPSA) is 43.4 Å². The molecule has 0 unspecified atom stereocenters. The van der Waals surface area contributed by atoms with Gasteiger partial charge in [0.15, 0.2) is 0 Å². The van der Waals surface area contributed by atoms with E-state index in [2.05, 4.69) is 4.74 Å². The summed E-state index contributed by atoms with van der Waals surface area (Å²) in [6.07, 6.45) is -5.39. The van der Waals surface area contributed by atoms with Crippen molar-refractivity contribution < 1.29 is 27.5 Å². The fraction of sp³-hybridized carbons (Fsp3) is 0.778. The summed E-state index contributed by atoms with van der Waals surface area (Å²) < 4.78 is 39.3. The number of alkyl halides is 3. The Hall–Kier alpha value is -1.07. The van der Waals surface area contributed by atoms with Crippen molar-refractivity contribution in [2.45, 2.75) is 45.2 Å². The van der Waals surface area contributed by atoms with Crippen LogP contribution < -0.4 is 0 Å². The van der Waals surface area contributed by atoms with E-state index in [-0.39, 0.29) is 19.3 Å². The van der Waals surface area contributed by atoms with Crippen molar-refractivity contribution in [1.82, 2.24) is 0 Å². The molecule has 0 fully saturated rings. The van der Waals surface area contributed by atoms with Crippen LogP contribution >= 0.6 is 0 Å². The highest BCUT2D eigenvalue weighted by Gasteiger charge is 2.26. The molecule has 3 nitrogen and oxygen atoms in total. The second-order valence-corrected chi connectivity index (χ2v) is 3.06. The standard InChI is InChI=1S/C9H13F3O3/c1-2-4-7(13)15-8(14)5-3-6-9(10,11)12/h2-6H2,1H3. The second kappa shape index (κ2) is 6.42. The quantitative estimate of drug-likeness (QED) is 0.534. The average Bonchev–Trinajstić information content (AvgIpc) is 2.01. The van der Waals surface area contributed by atoms with Crippen molar-refractivity contribution in [3.05, 3.63) is 0 Å². The zero-order valence-electron chi connectivity index (χ0n) is 8.39. The summed E-state index contributed by atoms with van der Waals surface area (Å²) >= 11 is 0.